The van der Waals surface area contributed by atoms with Crippen molar-refractivity contribution in [2.45, 2.75) is 45.2 Å². The van der Waals surface area contributed by atoms with Crippen LogP contribution < -0.4 is 5.32 Å². The molecule has 0 bridgehead atoms. The summed E-state index contributed by atoms with van der Waals surface area (Å²) in [5.74, 6) is 0.190. The zero-order valence-electron chi connectivity index (χ0n) is 12.8. The number of rotatable bonds is 4. The van der Waals surface area contributed by atoms with Crippen molar-refractivity contribution in [2.24, 2.45) is 0 Å². The van der Waals surface area contributed by atoms with Crippen LogP contribution in [-0.2, 0) is 4.79 Å². The highest BCUT2D eigenvalue weighted by Crippen LogP contribution is 2.15. The van der Waals surface area contributed by atoms with Gasteiger partial charge in [-0.2, -0.15) is 5.26 Å². The van der Waals surface area contributed by atoms with E-state index < -0.39 is 0 Å². The largest absolute Gasteiger partial charge is 0.341 e. The van der Waals surface area contributed by atoms with E-state index >= 15 is 0 Å². The molecule has 1 saturated heterocycles. The van der Waals surface area contributed by atoms with E-state index in [1.807, 2.05) is 43.0 Å². The summed E-state index contributed by atoms with van der Waals surface area (Å²) in [5.41, 5.74) is 1.75. The summed E-state index contributed by atoms with van der Waals surface area (Å²) in [6, 6.07) is 9.51. The van der Waals surface area contributed by atoms with Gasteiger partial charge in [0.2, 0.25) is 5.91 Å². The fourth-order valence-electron chi connectivity index (χ4n) is 2.78. The first kappa shape index (κ1) is 15.5. The Morgan fingerprint density at radius 3 is 2.38 bits per heavy atom. The fraction of sp³-hybridized carbons (Fsp3) is 0.529. The minimum atomic E-state index is -0.186. The van der Waals surface area contributed by atoms with Crippen LogP contribution in [0.15, 0.2) is 24.3 Å². The molecule has 112 valence electrons. The number of benzene rings is 1. The van der Waals surface area contributed by atoms with Crippen LogP contribution in [0.3, 0.4) is 0 Å². The summed E-state index contributed by atoms with van der Waals surface area (Å²) in [4.78, 5) is 14.4. The first-order valence-electron chi connectivity index (χ1n) is 7.66. The molecule has 0 aliphatic carbocycles. The van der Waals surface area contributed by atoms with Crippen molar-refractivity contribution >= 4 is 5.91 Å². The van der Waals surface area contributed by atoms with Crippen LogP contribution in [0.4, 0.5) is 0 Å². The predicted molar refractivity (Wildman–Crippen MR) is 82.6 cm³/mol. The van der Waals surface area contributed by atoms with Gasteiger partial charge in [-0.1, -0.05) is 12.1 Å². The molecule has 1 heterocycles. The second kappa shape index (κ2) is 7.24. The molecule has 4 heteroatoms. The standard InChI is InChI=1S/C17H23N3O/c1-13(16-8-6-15(12-18)7-9-16)19-14(2)17(21)20-10-4-3-5-11-20/h6-9,13-14,19H,3-5,10-11H2,1-2H3. The molecule has 2 atom stereocenters. The van der Waals surface area contributed by atoms with Crippen molar-refractivity contribution in [3.8, 4) is 6.07 Å². The number of nitrogens with zero attached hydrogens (tertiary/aromatic N) is 2. The molecule has 0 saturated carbocycles. The Bertz CT molecular complexity index is 512. The summed E-state index contributed by atoms with van der Waals surface area (Å²) in [7, 11) is 0. The van der Waals surface area contributed by atoms with Crippen molar-refractivity contribution in [1.29, 1.82) is 5.26 Å². The van der Waals surface area contributed by atoms with Crippen LogP contribution in [0, 0.1) is 11.3 Å². The van der Waals surface area contributed by atoms with E-state index in [1.54, 1.807) is 0 Å². The van der Waals surface area contributed by atoms with E-state index in [4.69, 9.17) is 5.26 Å². The van der Waals surface area contributed by atoms with Crippen LogP contribution in [0.1, 0.15) is 50.3 Å². The van der Waals surface area contributed by atoms with Crippen molar-refractivity contribution in [3.05, 3.63) is 35.4 Å². The Morgan fingerprint density at radius 2 is 1.81 bits per heavy atom. The van der Waals surface area contributed by atoms with E-state index in [0.29, 0.717) is 5.56 Å². The number of nitriles is 1. The molecule has 1 aliphatic heterocycles. The number of likely N-dealkylation sites (tertiary alicyclic amines) is 1. The molecule has 0 radical (unpaired) electrons. The number of carbonyl (C=O) groups excluding carboxylic acids is 1. The van der Waals surface area contributed by atoms with Gasteiger partial charge in [0.25, 0.3) is 0 Å². The third-order valence-electron chi connectivity index (χ3n) is 4.08. The third-order valence-corrected chi connectivity index (χ3v) is 4.08. The molecule has 1 aliphatic rings. The Hall–Kier alpha value is -1.86. The maximum Gasteiger partial charge on any atom is 0.239 e. The predicted octanol–water partition coefficient (Wildman–Crippen LogP) is 2.61. The van der Waals surface area contributed by atoms with Crippen LogP contribution in [0.25, 0.3) is 0 Å². The number of carbonyl (C=O) groups is 1. The lowest BCUT2D eigenvalue weighted by Crippen LogP contribution is -2.47. The monoisotopic (exact) mass is 285 g/mol. The molecule has 21 heavy (non-hydrogen) atoms. The average Bonchev–Trinajstić information content (AvgIpc) is 2.55. The number of piperidine rings is 1. The molecule has 1 aromatic carbocycles. The van der Waals surface area contributed by atoms with Gasteiger partial charge in [0.15, 0.2) is 0 Å². The van der Waals surface area contributed by atoms with E-state index in [-0.39, 0.29) is 18.0 Å². The molecule has 0 spiro atoms. The molecule has 2 rings (SSSR count). The second-order valence-corrected chi connectivity index (χ2v) is 5.73. The van der Waals surface area contributed by atoms with Gasteiger partial charge < -0.3 is 4.90 Å². The summed E-state index contributed by atoms with van der Waals surface area (Å²) in [5, 5.41) is 12.2. The lowest BCUT2D eigenvalue weighted by molar-refractivity contribution is -0.134. The Morgan fingerprint density at radius 1 is 1.19 bits per heavy atom. The molecule has 4 nitrogen and oxygen atoms in total. The van der Waals surface area contributed by atoms with Gasteiger partial charge in [-0.25, -0.2) is 0 Å². The molecule has 1 N–H and O–H groups in total. The van der Waals surface area contributed by atoms with E-state index in [1.165, 1.54) is 6.42 Å². The Labute approximate surface area is 126 Å². The zero-order valence-corrected chi connectivity index (χ0v) is 12.8. The van der Waals surface area contributed by atoms with Crippen LogP contribution in [0.2, 0.25) is 0 Å². The average molecular weight is 285 g/mol. The highest BCUT2D eigenvalue weighted by Gasteiger charge is 2.23. The molecule has 1 fully saturated rings. The molecular weight excluding hydrogens is 262 g/mol. The quantitative estimate of drug-likeness (QED) is 0.925. The fourth-order valence-corrected chi connectivity index (χ4v) is 2.78. The van der Waals surface area contributed by atoms with Crippen molar-refractivity contribution < 1.29 is 4.79 Å². The van der Waals surface area contributed by atoms with E-state index in [0.717, 1.165) is 31.5 Å². The maximum absolute atomic E-state index is 12.4. The SMILES string of the molecule is CC(NC(C)c1ccc(C#N)cc1)C(=O)N1CCCCC1. The van der Waals surface area contributed by atoms with Gasteiger partial charge in [0, 0.05) is 19.1 Å². The number of amides is 1. The molecule has 0 aromatic heterocycles. The molecule has 2 unspecified atom stereocenters. The van der Waals surface area contributed by atoms with Gasteiger partial charge in [-0.3, -0.25) is 10.1 Å². The minimum Gasteiger partial charge on any atom is -0.341 e. The third kappa shape index (κ3) is 4.05. The molecular formula is C17H23N3O. The number of hydrogen-bond acceptors (Lipinski definition) is 3. The Balaban J connectivity index is 1.92. The van der Waals surface area contributed by atoms with Gasteiger partial charge in [0.05, 0.1) is 17.7 Å². The first-order valence-corrected chi connectivity index (χ1v) is 7.66. The normalized spacial score (nSPS) is 17.9. The lowest BCUT2D eigenvalue weighted by atomic mass is 10.0. The first-order chi connectivity index (χ1) is 10.1. The van der Waals surface area contributed by atoms with E-state index in [9.17, 15) is 4.79 Å². The molecule has 1 aromatic rings. The van der Waals surface area contributed by atoms with Gasteiger partial charge in [-0.15, -0.1) is 0 Å². The summed E-state index contributed by atoms with van der Waals surface area (Å²) in [6.45, 7) is 5.74. The molecule has 1 amide bonds. The summed E-state index contributed by atoms with van der Waals surface area (Å²) in [6.07, 6.45) is 3.46. The van der Waals surface area contributed by atoms with Crippen molar-refractivity contribution in [1.82, 2.24) is 10.2 Å². The van der Waals surface area contributed by atoms with Gasteiger partial charge in [0.1, 0.15) is 0 Å². The zero-order chi connectivity index (χ0) is 15.2. The second-order valence-electron chi connectivity index (χ2n) is 5.73. The van der Waals surface area contributed by atoms with Crippen LogP contribution >= 0.6 is 0 Å². The van der Waals surface area contributed by atoms with Gasteiger partial charge >= 0.3 is 0 Å². The Kier molecular flexibility index (Phi) is 5.35. The number of hydrogen-bond donors (Lipinski definition) is 1. The van der Waals surface area contributed by atoms with E-state index in [2.05, 4.69) is 11.4 Å². The van der Waals surface area contributed by atoms with Crippen LogP contribution in [-0.4, -0.2) is 29.9 Å². The van der Waals surface area contributed by atoms with Crippen molar-refractivity contribution in [3.63, 3.8) is 0 Å². The topological polar surface area (TPSA) is 56.1 Å². The highest BCUT2D eigenvalue weighted by molar-refractivity contribution is 5.81. The van der Waals surface area contributed by atoms with Crippen LogP contribution in [0.5, 0.6) is 0 Å². The number of nitrogens with one attached hydrogen (secondary N) is 1. The van der Waals surface area contributed by atoms with Gasteiger partial charge in [-0.05, 0) is 50.8 Å². The van der Waals surface area contributed by atoms with Crippen molar-refractivity contribution in [2.75, 3.05) is 13.1 Å². The summed E-state index contributed by atoms with van der Waals surface area (Å²) < 4.78 is 0. The lowest BCUT2D eigenvalue weighted by Gasteiger charge is -2.30. The maximum atomic E-state index is 12.4. The summed E-state index contributed by atoms with van der Waals surface area (Å²) >= 11 is 0. The minimum absolute atomic E-state index is 0.0847. The highest BCUT2D eigenvalue weighted by atomic mass is 16.2. The smallest absolute Gasteiger partial charge is 0.239 e.